The smallest absolute Gasteiger partial charge is 0.257 e. The van der Waals surface area contributed by atoms with Gasteiger partial charge in [0.2, 0.25) is 0 Å². The Bertz CT molecular complexity index is 387. The third-order valence-corrected chi connectivity index (χ3v) is 3.18. The largest absolute Gasteiger partial charge is 0.337 e. The first-order valence-electron chi connectivity index (χ1n) is 5.43. The van der Waals surface area contributed by atoms with E-state index in [0.29, 0.717) is 0 Å². The van der Waals surface area contributed by atoms with Gasteiger partial charge in [0, 0.05) is 12.6 Å². The summed E-state index contributed by atoms with van der Waals surface area (Å²) < 4.78 is 13.4. The fraction of sp³-hybridized carbons (Fsp3) is 0.462. The molecule has 0 aromatic heterocycles. The Kier molecular flexibility index (Phi) is 3.68. The van der Waals surface area contributed by atoms with Crippen molar-refractivity contribution in [3.63, 3.8) is 0 Å². The predicted octanol–water partition coefficient (Wildman–Crippen LogP) is 3.09. The van der Waals surface area contributed by atoms with Gasteiger partial charge in [-0.15, -0.1) is 0 Å². The molecule has 88 valence electrons. The molecule has 3 heteroatoms. The number of hydrogen-bond acceptors (Lipinski definition) is 1. The summed E-state index contributed by atoms with van der Waals surface area (Å²) in [5.74, 6) is -0.740. The molecule has 0 atom stereocenters. The van der Waals surface area contributed by atoms with Crippen LogP contribution in [0.4, 0.5) is 4.39 Å². The Morgan fingerprint density at radius 2 is 1.94 bits per heavy atom. The number of carbonyl (C=O) groups excluding carboxylic acids is 1. The van der Waals surface area contributed by atoms with Gasteiger partial charge >= 0.3 is 0 Å². The van der Waals surface area contributed by atoms with Crippen LogP contribution in [0, 0.1) is 5.82 Å². The van der Waals surface area contributed by atoms with Crippen molar-refractivity contribution in [1.29, 1.82) is 0 Å². The van der Waals surface area contributed by atoms with Gasteiger partial charge < -0.3 is 4.90 Å². The summed E-state index contributed by atoms with van der Waals surface area (Å²) in [5.41, 5.74) is -0.133. The van der Waals surface area contributed by atoms with Gasteiger partial charge in [-0.1, -0.05) is 19.1 Å². The van der Waals surface area contributed by atoms with Crippen molar-refractivity contribution in [3.05, 3.63) is 35.6 Å². The minimum atomic E-state index is -0.466. The zero-order chi connectivity index (χ0) is 12.3. The molecular weight excluding hydrogens is 205 g/mol. The second-order valence-electron chi connectivity index (χ2n) is 4.51. The van der Waals surface area contributed by atoms with Gasteiger partial charge in [-0.3, -0.25) is 4.79 Å². The molecule has 0 unspecified atom stereocenters. The first-order chi connectivity index (χ1) is 7.40. The van der Waals surface area contributed by atoms with Gasteiger partial charge in [0.25, 0.3) is 5.91 Å². The lowest BCUT2D eigenvalue weighted by atomic mass is 9.99. The molecule has 1 aromatic carbocycles. The molecule has 0 heterocycles. The van der Waals surface area contributed by atoms with Crippen molar-refractivity contribution in [2.75, 3.05) is 7.05 Å². The van der Waals surface area contributed by atoms with Crippen LogP contribution in [0.2, 0.25) is 0 Å². The van der Waals surface area contributed by atoms with Crippen LogP contribution in [0.1, 0.15) is 37.6 Å². The lowest BCUT2D eigenvalue weighted by molar-refractivity contribution is 0.0615. The Morgan fingerprint density at radius 1 is 1.38 bits per heavy atom. The Hall–Kier alpha value is -1.38. The van der Waals surface area contributed by atoms with E-state index in [1.54, 1.807) is 24.1 Å². The molecule has 0 saturated heterocycles. The second-order valence-corrected chi connectivity index (χ2v) is 4.51. The van der Waals surface area contributed by atoms with E-state index in [2.05, 4.69) is 0 Å². The highest BCUT2D eigenvalue weighted by atomic mass is 19.1. The quantitative estimate of drug-likeness (QED) is 0.771. The van der Waals surface area contributed by atoms with Gasteiger partial charge in [-0.2, -0.15) is 0 Å². The van der Waals surface area contributed by atoms with E-state index < -0.39 is 5.82 Å². The molecular formula is C13H18FNO. The monoisotopic (exact) mass is 223 g/mol. The van der Waals surface area contributed by atoms with Crippen molar-refractivity contribution in [2.45, 2.75) is 32.7 Å². The van der Waals surface area contributed by atoms with Crippen molar-refractivity contribution in [1.82, 2.24) is 4.90 Å². The number of benzene rings is 1. The summed E-state index contributed by atoms with van der Waals surface area (Å²) in [6.45, 7) is 5.93. The maximum absolute atomic E-state index is 13.4. The lowest BCUT2D eigenvalue weighted by Gasteiger charge is -2.35. The van der Waals surface area contributed by atoms with E-state index in [1.165, 1.54) is 12.1 Å². The van der Waals surface area contributed by atoms with E-state index in [4.69, 9.17) is 0 Å². The molecule has 0 saturated carbocycles. The highest BCUT2D eigenvalue weighted by Gasteiger charge is 2.27. The third-order valence-electron chi connectivity index (χ3n) is 3.18. The fourth-order valence-corrected chi connectivity index (χ4v) is 1.33. The van der Waals surface area contributed by atoms with Crippen molar-refractivity contribution < 1.29 is 9.18 Å². The molecule has 0 aliphatic carbocycles. The van der Waals surface area contributed by atoms with E-state index >= 15 is 0 Å². The summed E-state index contributed by atoms with van der Waals surface area (Å²) in [6.07, 6.45) is 0.823. The van der Waals surface area contributed by atoms with E-state index in [-0.39, 0.29) is 17.0 Å². The van der Waals surface area contributed by atoms with Crippen molar-refractivity contribution >= 4 is 5.91 Å². The topological polar surface area (TPSA) is 20.3 Å². The van der Waals surface area contributed by atoms with Gasteiger partial charge in [0.05, 0.1) is 5.56 Å². The van der Waals surface area contributed by atoms with Crippen LogP contribution in [0.15, 0.2) is 24.3 Å². The first kappa shape index (κ1) is 12.7. The number of hydrogen-bond donors (Lipinski definition) is 0. The number of amides is 1. The SMILES string of the molecule is CCC(C)(C)N(C)C(=O)c1ccccc1F. The summed E-state index contributed by atoms with van der Waals surface area (Å²) in [7, 11) is 1.71. The molecule has 0 fully saturated rings. The molecule has 0 bridgehead atoms. The molecule has 1 amide bonds. The van der Waals surface area contributed by atoms with Crippen LogP contribution in [-0.4, -0.2) is 23.4 Å². The van der Waals surface area contributed by atoms with Gasteiger partial charge in [-0.25, -0.2) is 4.39 Å². The standard InChI is InChI=1S/C13H18FNO/c1-5-13(2,3)15(4)12(16)10-8-6-7-9-11(10)14/h6-9H,5H2,1-4H3. The number of nitrogens with zero attached hydrogens (tertiary/aromatic N) is 1. The average Bonchev–Trinajstić information content (AvgIpc) is 2.27. The Morgan fingerprint density at radius 3 is 2.44 bits per heavy atom. The number of rotatable bonds is 3. The zero-order valence-electron chi connectivity index (χ0n) is 10.2. The van der Waals surface area contributed by atoms with Crippen LogP contribution in [0.25, 0.3) is 0 Å². The average molecular weight is 223 g/mol. The first-order valence-corrected chi connectivity index (χ1v) is 5.43. The second kappa shape index (κ2) is 4.64. The molecule has 1 rings (SSSR count). The molecule has 0 N–H and O–H groups in total. The zero-order valence-corrected chi connectivity index (χ0v) is 10.2. The summed E-state index contributed by atoms with van der Waals surface area (Å²) in [5, 5.41) is 0. The summed E-state index contributed by atoms with van der Waals surface area (Å²) >= 11 is 0. The molecule has 2 nitrogen and oxygen atoms in total. The van der Waals surface area contributed by atoms with E-state index in [9.17, 15) is 9.18 Å². The van der Waals surface area contributed by atoms with E-state index in [0.717, 1.165) is 6.42 Å². The molecule has 0 radical (unpaired) electrons. The lowest BCUT2D eigenvalue weighted by Crippen LogP contribution is -2.44. The Balaban J connectivity index is 3.00. The Labute approximate surface area is 96.1 Å². The van der Waals surface area contributed by atoms with Crippen LogP contribution < -0.4 is 0 Å². The summed E-state index contributed by atoms with van der Waals surface area (Å²) in [4.78, 5) is 13.6. The highest BCUT2D eigenvalue weighted by molar-refractivity contribution is 5.94. The minimum Gasteiger partial charge on any atom is -0.337 e. The van der Waals surface area contributed by atoms with Gasteiger partial charge in [0.15, 0.2) is 0 Å². The molecule has 0 aliphatic heterocycles. The van der Waals surface area contributed by atoms with Crippen molar-refractivity contribution in [2.24, 2.45) is 0 Å². The van der Waals surface area contributed by atoms with Crippen LogP contribution in [0.3, 0.4) is 0 Å². The number of carbonyl (C=O) groups is 1. The predicted molar refractivity (Wildman–Crippen MR) is 62.9 cm³/mol. The van der Waals surface area contributed by atoms with Gasteiger partial charge in [0.1, 0.15) is 5.82 Å². The molecule has 16 heavy (non-hydrogen) atoms. The summed E-state index contributed by atoms with van der Waals surface area (Å²) in [6, 6.07) is 6.07. The van der Waals surface area contributed by atoms with Crippen LogP contribution in [0.5, 0.6) is 0 Å². The molecule has 1 aromatic rings. The van der Waals surface area contributed by atoms with E-state index in [1.807, 2.05) is 20.8 Å². The van der Waals surface area contributed by atoms with Crippen LogP contribution in [-0.2, 0) is 0 Å². The highest BCUT2D eigenvalue weighted by Crippen LogP contribution is 2.20. The minimum absolute atomic E-state index is 0.131. The maximum Gasteiger partial charge on any atom is 0.257 e. The fourth-order valence-electron chi connectivity index (χ4n) is 1.33. The van der Waals surface area contributed by atoms with Crippen molar-refractivity contribution in [3.8, 4) is 0 Å². The van der Waals surface area contributed by atoms with Gasteiger partial charge in [-0.05, 0) is 32.4 Å². The molecule has 0 aliphatic rings. The third kappa shape index (κ3) is 2.40. The maximum atomic E-state index is 13.4. The normalized spacial score (nSPS) is 11.3. The van der Waals surface area contributed by atoms with Crippen LogP contribution >= 0.6 is 0 Å². The number of halogens is 1. The molecule has 0 spiro atoms.